The van der Waals surface area contributed by atoms with E-state index in [9.17, 15) is 13.6 Å². The Balaban J connectivity index is 2.22. The lowest BCUT2D eigenvalue weighted by molar-refractivity contribution is -0.0498. The lowest BCUT2D eigenvalue weighted by Gasteiger charge is -2.03. The predicted octanol–water partition coefficient (Wildman–Crippen LogP) is 1.63. The van der Waals surface area contributed by atoms with E-state index in [4.69, 9.17) is 0 Å². The highest BCUT2D eigenvalue weighted by Crippen LogP contribution is 2.19. The SMILES string of the molecule is O=c1[nH]c(-c2ccc(OC(F)F)cc2)no1. The van der Waals surface area contributed by atoms with E-state index in [1.807, 2.05) is 0 Å². The van der Waals surface area contributed by atoms with Gasteiger partial charge in [0.2, 0.25) is 0 Å². The van der Waals surface area contributed by atoms with Crippen LogP contribution in [0.25, 0.3) is 11.4 Å². The van der Waals surface area contributed by atoms with Crippen molar-refractivity contribution in [2.45, 2.75) is 6.61 Å². The van der Waals surface area contributed by atoms with E-state index in [1.54, 1.807) is 0 Å². The van der Waals surface area contributed by atoms with Gasteiger partial charge in [-0.1, -0.05) is 5.16 Å². The lowest BCUT2D eigenvalue weighted by atomic mass is 10.2. The molecule has 7 heteroatoms. The molecule has 0 unspecified atom stereocenters. The van der Waals surface area contributed by atoms with Gasteiger partial charge in [0.25, 0.3) is 0 Å². The van der Waals surface area contributed by atoms with E-state index in [1.165, 1.54) is 24.3 Å². The highest BCUT2D eigenvalue weighted by Gasteiger charge is 2.06. The Morgan fingerprint density at radius 3 is 2.50 bits per heavy atom. The first-order valence-corrected chi connectivity index (χ1v) is 4.26. The van der Waals surface area contributed by atoms with Gasteiger partial charge in [-0.25, -0.2) is 4.79 Å². The number of aromatic amines is 1. The van der Waals surface area contributed by atoms with Gasteiger partial charge in [0.1, 0.15) is 5.75 Å². The fourth-order valence-electron chi connectivity index (χ4n) is 1.15. The number of nitrogens with one attached hydrogen (secondary N) is 1. The molecule has 16 heavy (non-hydrogen) atoms. The van der Waals surface area contributed by atoms with Crippen molar-refractivity contribution in [2.24, 2.45) is 0 Å². The molecule has 0 saturated heterocycles. The van der Waals surface area contributed by atoms with Crippen LogP contribution in [0.1, 0.15) is 0 Å². The minimum absolute atomic E-state index is 0.0320. The second-order valence-electron chi connectivity index (χ2n) is 2.85. The second-order valence-corrected chi connectivity index (χ2v) is 2.85. The molecule has 0 aliphatic rings. The summed E-state index contributed by atoms with van der Waals surface area (Å²) in [6.07, 6.45) is 0. The van der Waals surface area contributed by atoms with Gasteiger partial charge in [-0.15, -0.1) is 0 Å². The first kappa shape index (κ1) is 10.3. The van der Waals surface area contributed by atoms with Gasteiger partial charge >= 0.3 is 12.4 Å². The van der Waals surface area contributed by atoms with Gasteiger partial charge in [-0.05, 0) is 24.3 Å². The maximum Gasteiger partial charge on any atom is 0.439 e. The first-order valence-electron chi connectivity index (χ1n) is 4.26. The predicted molar refractivity (Wildman–Crippen MR) is 49.2 cm³/mol. The molecule has 0 radical (unpaired) electrons. The molecule has 1 aromatic heterocycles. The molecule has 0 fully saturated rings. The van der Waals surface area contributed by atoms with Crippen LogP contribution in [-0.2, 0) is 0 Å². The number of rotatable bonds is 3. The average Bonchev–Trinajstić information content (AvgIpc) is 2.65. The van der Waals surface area contributed by atoms with Crippen LogP contribution in [-0.4, -0.2) is 16.8 Å². The average molecular weight is 228 g/mol. The molecule has 2 aromatic rings. The Morgan fingerprint density at radius 2 is 2.00 bits per heavy atom. The zero-order valence-corrected chi connectivity index (χ0v) is 7.81. The van der Waals surface area contributed by atoms with Crippen molar-refractivity contribution >= 4 is 0 Å². The summed E-state index contributed by atoms with van der Waals surface area (Å²) in [5.74, 6) is -0.416. The van der Waals surface area contributed by atoms with Crippen LogP contribution in [0.15, 0.2) is 33.6 Å². The molecule has 1 N–H and O–H groups in total. The van der Waals surface area contributed by atoms with Crippen molar-refractivity contribution in [2.75, 3.05) is 0 Å². The highest BCUT2D eigenvalue weighted by atomic mass is 19.3. The summed E-state index contributed by atoms with van der Waals surface area (Å²) >= 11 is 0. The highest BCUT2D eigenvalue weighted by molar-refractivity contribution is 5.55. The third-order valence-electron chi connectivity index (χ3n) is 1.79. The van der Waals surface area contributed by atoms with Crippen LogP contribution >= 0.6 is 0 Å². The minimum Gasteiger partial charge on any atom is -0.435 e. The van der Waals surface area contributed by atoms with Gasteiger partial charge in [0, 0.05) is 5.56 Å². The molecule has 1 heterocycles. The Bertz CT molecular complexity index is 518. The Morgan fingerprint density at radius 1 is 1.31 bits per heavy atom. The van der Waals surface area contributed by atoms with Crippen LogP contribution in [0.2, 0.25) is 0 Å². The zero-order valence-electron chi connectivity index (χ0n) is 7.81. The third-order valence-corrected chi connectivity index (χ3v) is 1.79. The summed E-state index contributed by atoms with van der Waals surface area (Å²) in [4.78, 5) is 13.0. The van der Waals surface area contributed by atoms with E-state index in [0.717, 1.165) is 0 Å². The van der Waals surface area contributed by atoms with E-state index in [0.29, 0.717) is 5.56 Å². The topological polar surface area (TPSA) is 68.1 Å². The zero-order chi connectivity index (χ0) is 11.5. The van der Waals surface area contributed by atoms with E-state index < -0.39 is 12.4 Å². The second kappa shape index (κ2) is 4.13. The van der Waals surface area contributed by atoms with Crippen molar-refractivity contribution in [1.29, 1.82) is 0 Å². The molecule has 5 nitrogen and oxygen atoms in total. The van der Waals surface area contributed by atoms with Crippen LogP contribution < -0.4 is 10.5 Å². The van der Waals surface area contributed by atoms with Crippen molar-refractivity contribution in [1.82, 2.24) is 10.1 Å². The normalized spacial score (nSPS) is 10.7. The molecule has 0 spiro atoms. The third kappa shape index (κ3) is 2.25. The van der Waals surface area contributed by atoms with Crippen molar-refractivity contribution < 1.29 is 18.0 Å². The summed E-state index contributed by atoms with van der Waals surface area (Å²) in [6, 6.07) is 5.64. The van der Waals surface area contributed by atoms with Crippen LogP contribution in [0.3, 0.4) is 0 Å². The van der Waals surface area contributed by atoms with Crippen LogP contribution in [0.4, 0.5) is 8.78 Å². The van der Waals surface area contributed by atoms with Gasteiger partial charge in [-0.2, -0.15) is 8.78 Å². The number of alkyl halides is 2. The standard InChI is InChI=1S/C9H6F2N2O3/c10-8(11)15-6-3-1-5(2-4-6)7-12-9(14)16-13-7/h1-4,8H,(H,12,13,14). The molecule has 1 aromatic carbocycles. The van der Waals surface area contributed by atoms with Gasteiger partial charge in [0.15, 0.2) is 5.82 Å². The molecule has 0 saturated carbocycles. The fraction of sp³-hybridized carbons (Fsp3) is 0.111. The molecule has 0 amide bonds. The van der Waals surface area contributed by atoms with Gasteiger partial charge < -0.3 is 4.74 Å². The number of hydrogen-bond acceptors (Lipinski definition) is 4. The number of benzene rings is 1. The monoisotopic (exact) mass is 228 g/mol. The van der Waals surface area contributed by atoms with E-state index in [2.05, 4.69) is 19.4 Å². The first-order chi connectivity index (χ1) is 7.65. The summed E-state index contributed by atoms with van der Waals surface area (Å²) in [7, 11) is 0. The lowest BCUT2D eigenvalue weighted by Crippen LogP contribution is -2.01. The maximum atomic E-state index is 11.9. The number of ether oxygens (including phenoxy) is 1. The molecular weight excluding hydrogens is 222 g/mol. The number of H-pyrrole nitrogens is 1. The molecule has 0 bridgehead atoms. The number of halogens is 2. The van der Waals surface area contributed by atoms with Crippen molar-refractivity contribution in [3.63, 3.8) is 0 Å². The summed E-state index contributed by atoms with van der Waals surface area (Å²) in [5.41, 5.74) is 0.535. The van der Waals surface area contributed by atoms with Crippen molar-refractivity contribution in [3.8, 4) is 17.1 Å². The molecule has 0 aliphatic carbocycles. The van der Waals surface area contributed by atoms with Gasteiger partial charge in [0.05, 0.1) is 0 Å². The summed E-state index contributed by atoms with van der Waals surface area (Å²) < 4.78 is 32.2. The molecule has 0 atom stereocenters. The Labute approximate surface area is 87.6 Å². The quantitative estimate of drug-likeness (QED) is 0.866. The van der Waals surface area contributed by atoms with Crippen LogP contribution in [0, 0.1) is 0 Å². The Hall–Kier alpha value is -2.18. The molecule has 84 valence electrons. The minimum atomic E-state index is -2.86. The van der Waals surface area contributed by atoms with Crippen LogP contribution in [0.5, 0.6) is 5.75 Å². The fourth-order valence-corrected chi connectivity index (χ4v) is 1.15. The smallest absolute Gasteiger partial charge is 0.435 e. The van der Waals surface area contributed by atoms with Gasteiger partial charge in [-0.3, -0.25) is 9.51 Å². The molecular formula is C9H6F2N2O3. The largest absolute Gasteiger partial charge is 0.439 e. The Kier molecular flexibility index (Phi) is 2.67. The van der Waals surface area contributed by atoms with Crippen molar-refractivity contribution in [3.05, 3.63) is 34.8 Å². The maximum absolute atomic E-state index is 11.9. The van der Waals surface area contributed by atoms with E-state index in [-0.39, 0.29) is 11.6 Å². The number of aromatic nitrogens is 2. The van der Waals surface area contributed by atoms with E-state index >= 15 is 0 Å². The molecule has 0 aliphatic heterocycles. The summed E-state index contributed by atoms with van der Waals surface area (Å²) in [6.45, 7) is -2.86. The summed E-state index contributed by atoms with van der Waals surface area (Å²) in [5, 5.41) is 3.44. The number of hydrogen-bond donors (Lipinski definition) is 1. The molecule has 2 rings (SSSR count). The number of nitrogens with zero attached hydrogens (tertiary/aromatic N) is 1.